The molecule has 0 bridgehead atoms. The molecule has 124 valence electrons. The van der Waals surface area contributed by atoms with E-state index in [2.05, 4.69) is 19.9 Å². The van der Waals surface area contributed by atoms with E-state index in [1.54, 1.807) is 6.33 Å². The van der Waals surface area contributed by atoms with Crippen LogP contribution in [0.4, 0.5) is 5.82 Å². The Morgan fingerprint density at radius 3 is 2.83 bits per heavy atom. The van der Waals surface area contributed by atoms with Gasteiger partial charge in [-0.05, 0) is 24.8 Å². The molecular weight excluding hydrogens is 316 g/mol. The van der Waals surface area contributed by atoms with E-state index in [1.807, 2.05) is 19.3 Å². The van der Waals surface area contributed by atoms with Crippen molar-refractivity contribution < 1.29 is 13.2 Å². The molecule has 0 unspecified atom stereocenters. The standard InChI is InChI=1S/C15H20N4O3S/c1-19(15-13-2-3-16-14(13)17-9-18-15)11-4-10(5-11)8-23(20,21)12-6-22-7-12/h2-3,9-12H,4-8H2,1H3,(H,16,17,18). The average Bonchev–Trinajstić information content (AvgIpc) is 2.87. The van der Waals surface area contributed by atoms with Gasteiger partial charge in [-0.1, -0.05) is 0 Å². The molecule has 0 radical (unpaired) electrons. The summed E-state index contributed by atoms with van der Waals surface area (Å²) in [4.78, 5) is 13.8. The van der Waals surface area contributed by atoms with Crippen molar-refractivity contribution in [2.24, 2.45) is 5.92 Å². The Bertz CT molecular complexity index is 809. The minimum atomic E-state index is -3.00. The molecule has 1 aliphatic heterocycles. The van der Waals surface area contributed by atoms with Gasteiger partial charge in [-0.3, -0.25) is 0 Å². The summed E-state index contributed by atoms with van der Waals surface area (Å²) in [5.41, 5.74) is 0.824. The number of hydrogen-bond donors (Lipinski definition) is 1. The number of sulfone groups is 1. The normalized spacial score (nSPS) is 25.1. The van der Waals surface area contributed by atoms with Gasteiger partial charge in [-0.2, -0.15) is 0 Å². The number of nitrogens with one attached hydrogen (secondary N) is 1. The lowest BCUT2D eigenvalue weighted by Gasteiger charge is -2.42. The fourth-order valence-corrected chi connectivity index (χ4v) is 5.16. The second kappa shape index (κ2) is 5.45. The molecule has 4 rings (SSSR count). The molecule has 2 aromatic heterocycles. The minimum absolute atomic E-state index is 0.247. The summed E-state index contributed by atoms with van der Waals surface area (Å²) in [7, 11) is -0.979. The molecule has 8 heteroatoms. The first-order valence-electron chi connectivity index (χ1n) is 7.85. The van der Waals surface area contributed by atoms with Gasteiger partial charge in [0.2, 0.25) is 0 Å². The molecule has 1 saturated heterocycles. The van der Waals surface area contributed by atoms with Gasteiger partial charge in [0.05, 0.1) is 24.4 Å². The lowest BCUT2D eigenvalue weighted by atomic mass is 9.81. The van der Waals surface area contributed by atoms with Gasteiger partial charge >= 0.3 is 0 Å². The van der Waals surface area contributed by atoms with Crippen molar-refractivity contribution in [3.63, 3.8) is 0 Å². The van der Waals surface area contributed by atoms with E-state index in [4.69, 9.17) is 4.74 Å². The van der Waals surface area contributed by atoms with Crippen molar-refractivity contribution in [3.05, 3.63) is 18.6 Å². The number of nitrogens with zero attached hydrogens (tertiary/aromatic N) is 3. The summed E-state index contributed by atoms with van der Waals surface area (Å²) in [6.45, 7) is 0.732. The zero-order valence-corrected chi connectivity index (χ0v) is 13.8. The van der Waals surface area contributed by atoms with Gasteiger partial charge in [-0.15, -0.1) is 0 Å². The largest absolute Gasteiger partial charge is 0.379 e. The Hall–Kier alpha value is -1.67. The molecule has 23 heavy (non-hydrogen) atoms. The van der Waals surface area contributed by atoms with Crippen molar-refractivity contribution in [2.75, 3.05) is 30.9 Å². The Labute approximate surface area is 135 Å². The summed E-state index contributed by atoms with van der Waals surface area (Å²) in [6, 6.07) is 2.30. The van der Waals surface area contributed by atoms with Crippen LogP contribution < -0.4 is 4.90 Å². The average molecular weight is 336 g/mol. The maximum absolute atomic E-state index is 12.2. The number of ether oxygens (including phenoxy) is 1. The summed E-state index contributed by atoms with van der Waals surface area (Å²) < 4.78 is 29.4. The molecule has 3 heterocycles. The summed E-state index contributed by atoms with van der Waals surface area (Å²) in [5.74, 6) is 1.43. The molecule has 0 atom stereocenters. The number of hydrogen-bond acceptors (Lipinski definition) is 6. The highest BCUT2D eigenvalue weighted by Gasteiger charge is 2.40. The number of aromatic nitrogens is 3. The van der Waals surface area contributed by atoms with E-state index >= 15 is 0 Å². The highest BCUT2D eigenvalue weighted by Crippen LogP contribution is 2.36. The lowest BCUT2D eigenvalue weighted by Crippen LogP contribution is -2.48. The summed E-state index contributed by atoms with van der Waals surface area (Å²) >= 11 is 0. The number of H-pyrrole nitrogens is 1. The number of fused-ring (bicyclic) bond motifs is 1. The molecule has 1 N–H and O–H groups in total. The van der Waals surface area contributed by atoms with Crippen LogP contribution in [0.2, 0.25) is 0 Å². The topological polar surface area (TPSA) is 88.2 Å². The third-order valence-corrected chi connectivity index (χ3v) is 7.23. The molecule has 0 spiro atoms. The Balaban J connectivity index is 1.40. The van der Waals surface area contributed by atoms with Crippen LogP contribution in [-0.4, -0.2) is 60.7 Å². The lowest BCUT2D eigenvalue weighted by molar-refractivity contribution is 0.0413. The molecule has 0 amide bonds. The van der Waals surface area contributed by atoms with E-state index in [0.29, 0.717) is 19.3 Å². The smallest absolute Gasteiger partial charge is 0.157 e. The maximum atomic E-state index is 12.2. The van der Waals surface area contributed by atoms with Crippen LogP contribution in [0.5, 0.6) is 0 Å². The second-order valence-corrected chi connectivity index (χ2v) is 8.85. The highest BCUT2D eigenvalue weighted by molar-refractivity contribution is 7.92. The zero-order chi connectivity index (χ0) is 16.0. The second-order valence-electron chi connectivity index (χ2n) is 6.53. The van der Waals surface area contributed by atoms with Crippen molar-refractivity contribution in [1.82, 2.24) is 15.0 Å². The predicted octanol–water partition coefficient (Wildman–Crippen LogP) is 0.986. The highest BCUT2D eigenvalue weighted by atomic mass is 32.2. The van der Waals surface area contributed by atoms with Crippen LogP contribution >= 0.6 is 0 Å². The van der Waals surface area contributed by atoms with Crippen LogP contribution in [0.1, 0.15) is 12.8 Å². The van der Waals surface area contributed by atoms with Crippen molar-refractivity contribution in [1.29, 1.82) is 0 Å². The first-order chi connectivity index (χ1) is 11.0. The van der Waals surface area contributed by atoms with E-state index in [-0.39, 0.29) is 16.9 Å². The molecule has 2 aromatic rings. The third kappa shape index (κ3) is 2.59. The Morgan fingerprint density at radius 2 is 2.13 bits per heavy atom. The van der Waals surface area contributed by atoms with Crippen molar-refractivity contribution >= 4 is 26.7 Å². The zero-order valence-electron chi connectivity index (χ0n) is 13.0. The van der Waals surface area contributed by atoms with Gasteiger partial charge < -0.3 is 14.6 Å². The van der Waals surface area contributed by atoms with Crippen LogP contribution in [0.25, 0.3) is 11.0 Å². The monoisotopic (exact) mass is 336 g/mol. The maximum Gasteiger partial charge on any atom is 0.157 e. The Kier molecular flexibility index (Phi) is 3.53. The van der Waals surface area contributed by atoms with Gasteiger partial charge in [0.1, 0.15) is 23.0 Å². The summed E-state index contributed by atoms with van der Waals surface area (Å²) in [5, 5.41) is 0.721. The molecule has 2 aliphatic rings. The molecule has 1 saturated carbocycles. The van der Waals surface area contributed by atoms with Crippen LogP contribution in [0, 0.1) is 5.92 Å². The van der Waals surface area contributed by atoms with Crippen LogP contribution in [-0.2, 0) is 14.6 Å². The molecular formula is C15H20N4O3S. The SMILES string of the molecule is CN(c1ncnc2[nH]ccc12)C1CC(CS(=O)(=O)C2COC2)C1. The minimum Gasteiger partial charge on any atom is -0.379 e. The third-order valence-electron chi connectivity index (χ3n) is 5.01. The number of anilines is 1. The molecule has 7 nitrogen and oxygen atoms in total. The van der Waals surface area contributed by atoms with E-state index < -0.39 is 9.84 Å². The van der Waals surface area contributed by atoms with Gasteiger partial charge in [-0.25, -0.2) is 18.4 Å². The fraction of sp³-hybridized carbons (Fsp3) is 0.600. The molecule has 2 fully saturated rings. The Morgan fingerprint density at radius 1 is 1.35 bits per heavy atom. The van der Waals surface area contributed by atoms with E-state index in [9.17, 15) is 8.42 Å². The van der Waals surface area contributed by atoms with E-state index in [1.165, 1.54) is 0 Å². The van der Waals surface area contributed by atoms with Crippen LogP contribution in [0.3, 0.4) is 0 Å². The van der Waals surface area contributed by atoms with Gasteiger partial charge in [0.25, 0.3) is 0 Å². The van der Waals surface area contributed by atoms with Crippen molar-refractivity contribution in [3.8, 4) is 0 Å². The quantitative estimate of drug-likeness (QED) is 0.876. The number of rotatable bonds is 5. The first kappa shape index (κ1) is 14.9. The van der Waals surface area contributed by atoms with Gasteiger partial charge in [0, 0.05) is 19.3 Å². The van der Waals surface area contributed by atoms with Crippen molar-refractivity contribution in [2.45, 2.75) is 24.1 Å². The van der Waals surface area contributed by atoms with E-state index in [0.717, 1.165) is 29.7 Å². The van der Waals surface area contributed by atoms with Gasteiger partial charge in [0.15, 0.2) is 9.84 Å². The molecule has 0 aromatic carbocycles. The summed E-state index contributed by atoms with van der Waals surface area (Å²) in [6.07, 6.45) is 5.19. The first-order valence-corrected chi connectivity index (χ1v) is 9.56. The fourth-order valence-electron chi connectivity index (χ4n) is 3.35. The predicted molar refractivity (Wildman–Crippen MR) is 87.2 cm³/mol. The molecule has 1 aliphatic carbocycles. The number of aromatic amines is 1. The van der Waals surface area contributed by atoms with Crippen LogP contribution in [0.15, 0.2) is 18.6 Å².